The molecule has 0 saturated carbocycles. The van der Waals surface area contributed by atoms with Crippen LogP contribution in [-0.4, -0.2) is 15.8 Å². The van der Waals surface area contributed by atoms with Crippen LogP contribution in [0, 0.1) is 10.1 Å². The zero-order valence-electron chi connectivity index (χ0n) is 16.8. The Labute approximate surface area is 182 Å². The lowest BCUT2D eigenvalue weighted by molar-refractivity contribution is -0.384. The summed E-state index contributed by atoms with van der Waals surface area (Å²) < 4.78 is 5.88. The fourth-order valence-corrected chi connectivity index (χ4v) is 3.32. The fraction of sp³-hybridized carbons (Fsp3) is 0.130. The van der Waals surface area contributed by atoms with Gasteiger partial charge in [-0.1, -0.05) is 31.5 Å². The van der Waals surface area contributed by atoms with Gasteiger partial charge >= 0.3 is 0 Å². The van der Waals surface area contributed by atoms with Crippen molar-refractivity contribution in [1.82, 2.24) is 4.98 Å². The zero-order chi connectivity index (χ0) is 22.1. The molecular weight excluding hydrogens is 418 g/mol. The highest BCUT2D eigenvalue weighted by molar-refractivity contribution is 6.33. The number of fused-ring (bicyclic) bond motifs is 1. The summed E-state index contributed by atoms with van der Waals surface area (Å²) in [6.07, 6.45) is 0. The third kappa shape index (κ3) is 4.27. The Balaban J connectivity index is 1.62. The highest BCUT2D eigenvalue weighted by Crippen LogP contribution is 2.33. The Morgan fingerprint density at radius 1 is 1.10 bits per heavy atom. The second-order valence-electron chi connectivity index (χ2n) is 7.35. The van der Waals surface area contributed by atoms with Crippen molar-refractivity contribution in [3.8, 4) is 11.5 Å². The minimum atomic E-state index is -0.516. The van der Waals surface area contributed by atoms with Gasteiger partial charge in [-0.2, -0.15) is 0 Å². The van der Waals surface area contributed by atoms with E-state index in [0.717, 1.165) is 11.1 Å². The van der Waals surface area contributed by atoms with Crippen LogP contribution in [0.4, 0.5) is 11.4 Å². The highest BCUT2D eigenvalue weighted by atomic mass is 35.5. The molecule has 0 radical (unpaired) electrons. The van der Waals surface area contributed by atoms with Crippen molar-refractivity contribution in [2.24, 2.45) is 0 Å². The number of carbonyl (C=O) groups excluding carboxylic acids is 1. The lowest BCUT2D eigenvalue weighted by Crippen LogP contribution is -2.11. The maximum Gasteiger partial charge on any atom is 0.269 e. The number of nitro groups is 1. The maximum absolute atomic E-state index is 12.5. The van der Waals surface area contributed by atoms with Gasteiger partial charge in [-0.25, -0.2) is 4.98 Å². The van der Waals surface area contributed by atoms with E-state index in [9.17, 15) is 14.9 Å². The second-order valence-corrected chi connectivity index (χ2v) is 7.76. The molecule has 7 nitrogen and oxygen atoms in total. The van der Waals surface area contributed by atoms with E-state index in [1.807, 2.05) is 18.2 Å². The summed E-state index contributed by atoms with van der Waals surface area (Å²) in [5.74, 6) is 0.320. The molecule has 0 atom stereocenters. The van der Waals surface area contributed by atoms with E-state index in [-0.39, 0.29) is 5.69 Å². The van der Waals surface area contributed by atoms with E-state index in [1.54, 1.807) is 18.2 Å². The quantitative estimate of drug-likeness (QED) is 0.287. The monoisotopic (exact) mass is 435 g/mol. The molecule has 1 heterocycles. The summed E-state index contributed by atoms with van der Waals surface area (Å²) >= 11 is 6.36. The molecule has 0 aliphatic rings. The number of carbonyl (C=O) groups is 1. The van der Waals surface area contributed by atoms with Gasteiger partial charge in [0.2, 0.25) is 5.89 Å². The lowest BCUT2D eigenvalue weighted by atomic mass is 10.0. The number of nitrogens with zero attached hydrogens (tertiary/aromatic N) is 2. The Morgan fingerprint density at radius 3 is 2.52 bits per heavy atom. The van der Waals surface area contributed by atoms with Gasteiger partial charge < -0.3 is 9.73 Å². The molecule has 1 aromatic heterocycles. The number of hydrogen-bond acceptors (Lipinski definition) is 5. The summed E-state index contributed by atoms with van der Waals surface area (Å²) in [4.78, 5) is 27.3. The van der Waals surface area contributed by atoms with Gasteiger partial charge in [-0.15, -0.1) is 0 Å². The van der Waals surface area contributed by atoms with Gasteiger partial charge in [-0.05, 0) is 53.9 Å². The number of amides is 1. The molecule has 4 aromatic rings. The third-order valence-corrected chi connectivity index (χ3v) is 5.20. The number of rotatable bonds is 5. The molecule has 4 rings (SSSR count). The number of aromatic nitrogens is 1. The number of anilines is 1. The average Bonchev–Trinajstić information content (AvgIpc) is 3.18. The smallest absolute Gasteiger partial charge is 0.269 e. The molecule has 0 fully saturated rings. The Morgan fingerprint density at radius 2 is 1.84 bits per heavy atom. The molecule has 0 aliphatic heterocycles. The molecular formula is C23H18ClN3O4. The topological polar surface area (TPSA) is 98.3 Å². The number of nitro benzene ring substituents is 1. The van der Waals surface area contributed by atoms with Crippen molar-refractivity contribution < 1.29 is 14.1 Å². The first kappa shape index (κ1) is 20.6. The standard InChI is InChI=1S/C23H18ClN3O4/c1-13(2)15-5-10-21-20(11-15)26-23(31-21)18-12-16(6-9-19(18)24)25-22(28)14-3-7-17(8-4-14)27(29)30/h3-13H,1-2H3,(H,25,28). The van der Waals surface area contributed by atoms with Crippen LogP contribution in [0.1, 0.15) is 35.7 Å². The largest absolute Gasteiger partial charge is 0.436 e. The van der Waals surface area contributed by atoms with Crippen LogP contribution in [0.15, 0.2) is 65.1 Å². The van der Waals surface area contributed by atoms with Crippen LogP contribution in [0.3, 0.4) is 0 Å². The minimum absolute atomic E-state index is 0.0816. The first-order valence-corrected chi connectivity index (χ1v) is 9.96. The van der Waals surface area contributed by atoms with E-state index in [4.69, 9.17) is 16.0 Å². The van der Waals surface area contributed by atoms with Gasteiger partial charge in [0.05, 0.1) is 15.5 Å². The van der Waals surface area contributed by atoms with Crippen molar-refractivity contribution in [3.63, 3.8) is 0 Å². The van der Waals surface area contributed by atoms with E-state index in [0.29, 0.717) is 39.2 Å². The normalized spacial score (nSPS) is 11.1. The maximum atomic E-state index is 12.5. The molecule has 3 aromatic carbocycles. The van der Waals surface area contributed by atoms with Crippen molar-refractivity contribution in [2.75, 3.05) is 5.32 Å². The number of oxazole rings is 1. The predicted octanol–water partition coefficient (Wildman–Crippen LogP) is 6.43. The van der Waals surface area contributed by atoms with Crippen LogP contribution in [0.2, 0.25) is 5.02 Å². The minimum Gasteiger partial charge on any atom is -0.436 e. The van der Waals surface area contributed by atoms with Gasteiger partial charge in [0.25, 0.3) is 11.6 Å². The summed E-state index contributed by atoms with van der Waals surface area (Å²) in [5.41, 5.74) is 3.79. The van der Waals surface area contributed by atoms with Crippen molar-refractivity contribution in [3.05, 3.63) is 86.9 Å². The van der Waals surface area contributed by atoms with Gasteiger partial charge in [-0.3, -0.25) is 14.9 Å². The first-order valence-electron chi connectivity index (χ1n) is 9.58. The third-order valence-electron chi connectivity index (χ3n) is 4.87. The highest BCUT2D eigenvalue weighted by Gasteiger charge is 2.15. The Kier molecular flexibility index (Phi) is 5.44. The van der Waals surface area contributed by atoms with Crippen LogP contribution < -0.4 is 5.32 Å². The molecule has 1 N–H and O–H groups in total. The Bertz CT molecular complexity index is 1300. The number of non-ortho nitro benzene ring substituents is 1. The first-order chi connectivity index (χ1) is 14.8. The Hall–Kier alpha value is -3.71. The lowest BCUT2D eigenvalue weighted by Gasteiger charge is -2.07. The van der Waals surface area contributed by atoms with Crippen molar-refractivity contribution in [1.29, 1.82) is 0 Å². The van der Waals surface area contributed by atoms with Gasteiger partial charge in [0.1, 0.15) is 5.52 Å². The summed E-state index contributed by atoms with van der Waals surface area (Å²) in [6, 6.07) is 16.2. The van der Waals surface area contributed by atoms with Crippen molar-refractivity contribution in [2.45, 2.75) is 19.8 Å². The number of nitrogens with one attached hydrogen (secondary N) is 1. The molecule has 0 bridgehead atoms. The number of benzene rings is 3. The van der Waals surface area contributed by atoms with E-state index >= 15 is 0 Å². The predicted molar refractivity (Wildman–Crippen MR) is 120 cm³/mol. The summed E-state index contributed by atoms with van der Waals surface area (Å²) in [5, 5.41) is 14.0. The number of halogens is 1. The van der Waals surface area contributed by atoms with E-state index in [1.165, 1.54) is 24.3 Å². The molecule has 8 heteroatoms. The molecule has 0 spiro atoms. The summed E-state index contributed by atoms with van der Waals surface area (Å²) in [7, 11) is 0. The van der Waals surface area contributed by atoms with Crippen LogP contribution >= 0.6 is 11.6 Å². The van der Waals surface area contributed by atoms with Crippen molar-refractivity contribution >= 4 is 40.0 Å². The van der Waals surface area contributed by atoms with E-state index < -0.39 is 10.8 Å². The van der Waals surface area contributed by atoms with Gasteiger partial charge in [0, 0.05) is 23.4 Å². The van der Waals surface area contributed by atoms with Crippen LogP contribution in [0.25, 0.3) is 22.6 Å². The molecule has 0 aliphatic carbocycles. The fourth-order valence-electron chi connectivity index (χ4n) is 3.12. The van der Waals surface area contributed by atoms with E-state index in [2.05, 4.69) is 24.1 Å². The molecule has 0 unspecified atom stereocenters. The molecule has 0 saturated heterocycles. The van der Waals surface area contributed by atoms with Gasteiger partial charge in [0.15, 0.2) is 5.58 Å². The van der Waals surface area contributed by atoms with Crippen LogP contribution in [-0.2, 0) is 0 Å². The van der Waals surface area contributed by atoms with Crippen LogP contribution in [0.5, 0.6) is 0 Å². The molecule has 1 amide bonds. The molecule has 31 heavy (non-hydrogen) atoms. The number of hydrogen-bond donors (Lipinski definition) is 1. The SMILES string of the molecule is CC(C)c1ccc2oc(-c3cc(NC(=O)c4ccc([N+](=O)[O-])cc4)ccc3Cl)nc2c1. The summed E-state index contributed by atoms with van der Waals surface area (Å²) in [6.45, 7) is 4.21. The second kappa shape index (κ2) is 8.20. The zero-order valence-corrected chi connectivity index (χ0v) is 17.5. The average molecular weight is 436 g/mol. The molecule has 156 valence electrons.